The number of hydrogen-bond acceptors (Lipinski definition) is 1. The summed E-state index contributed by atoms with van der Waals surface area (Å²) in [6, 6.07) is 0. The van der Waals surface area contributed by atoms with Crippen molar-refractivity contribution in [3.63, 3.8) is 0 Å². The minimum Gasteiger partial charge on any atom is -0.275 e. The Morgan fingerprint density at radius 2 is 2.23 bits per heavy atom. The lowest BCUT2D eigenvalue weighted by atomic mass is 10.2. The van der Waals surface area contributed by atoms with Crippen molar-refractivity contribution in [2.45, 2.75) is 12.6 Å². The van der Waals surface area contributed by atoms with Crippen molar-refractivity contribution in [2.75, 3.05) is 0 Å². The lowest BCUT2D eigenvalue weighted by molar-refractivity contribution is -0.142. The molecule has 1 rings (SSSR count). The Labute approximate surface area is 73.4 Å². The number of halogens is 3. The monoisotopic (exact) mass is 188 g/mol. The minimum absolute atomic E-state index is 0.0394. The average molecular weight is 188 g/mol. The second-order valence-corrected chi connectivity index (χ2v) is 2.56. The van der Waals surface area contributed by atoms with Gasteiger partial charge in [-0.1, -0.05) is 0 Å². The van der Waals surface area contributed by atoms with E-state index in [1.165, 1.54) is 13.2 Å². The second-order valence-electron chi connectivity index (χ2n) is 2.56. The Morgan fingerprint density at radius 1 is 1.62 bits per heavy atom. The number of aryl methyl sites for hydroxylation is 1. The molecule has 2 nitrogen and oxygen atoms in total. The minimum atomic E-state index is -4.42. The summed E-state index contributed by atoms with van der Waals surface area (Å²) in [6.45, 7) is 0. The van der Waals surface area contributed by atoms with Crippen LogP contribution in [0.2, 0.25) is 0 Å². The topological polar surface area (TPSA) is 17.8 Å². The van der Waals surface area contributed by atoms with Gasteiger partial charge in [0.15, 0.2) is 5.69 Å². The molecule has 0 aliphatic carbocycles. The molecule has 1 aromatic rings. The first-order chi connectivity index (χ1) is 5.95. The summed E-state index contributed by atoms with van der Waals surface area (Å²) >= 11 is 0. The van der Waals surface area contributed by atoms with Gasteiger partial charge in [-0.25, -0.2) is 0 Å². The summed E-state index contributed by atoms with van der Waals surface area (Å²) in [6.07, 6.45) is 1.73. The zero-order valence-corrected chi connectivity index (χ0v) is 6.89. The summed E-state index contributed by atoms with van der Waals surface area (Å²) in [4.78, 5) is 0. The molecule has 0 fully saturated rings. The molecule has 0 saturated heterocycles. The van der Waals surface area contributed by atoms with Gasteiger partial charge in [0.25, 0.3) is 0 Å². The van der Waals surface area contributed by atoms with E-state index in [2.05, 4.69) is 11.0 Å². The van der Waals surface area contributed by atoms with Crippen LogP contribution in [0, 0.1) is 12.3 Å². The van der Waals surface area contributed by atoms with Crippen LogP contribution in [0.15, 0.2) is 6.20 Å². The van der Waals surface area contributed by atoms with Crippen LogP contribution < -0.4 is 0 Å². The Hall–Kier alpha value is -1.44. The molecule has 1 heterocycles. The highest BCUT2D eigenvalue weighted by molar-refractivity contribution is 5.24. The van der Waals surface area contributed by atoms with Gasteiger partial charge in [0.1, 0.15) is 0 Å². The molecule has 0 radical (unpaired) electrons. The molecule has 1 aromatic heterocycles. The number of alkyl halides is 3. The second kappa shape index (κ2) is 3.13. The quantitative estimate of drug-likeness (QED) is 0.612. The van der Waals surface area contributed by atoms with Crippen molar-refractivity contribution in [3.8, 4) is 12.3 Å². The van der Waals surface area contributed by atoms with Gasteiger partial charge in [-0.3, -0.25) is 4.68 Å². The highest BCUT2D eigenvalue weighted by Gasteiger charge is 2.36. The number of rotatable bonds is 1. The van der Waals surface area contributed by atoms with Gasteiger partial charge in [0, 0.05) is 25.2 Å². The Bertz CT molecular complexity index is 343. The largest absolute Gasteiger partial charge is 0.435 e. The van der Waals surface area contributed by atoms with E-state index in [1.807, 2.05) is 0 Å². The van der Waals surface area contributed by atoms with E-state index in [-0.39, 0.29) is 12.0 Å². The molecule has 13 heavy (non-hydrogen) atoms. The number of nitrogens with zero attached hydrogens (tertiary/aromatic N) is 2. The predicted molar refractivity (Wildman–Crippen MR) is 40.7 cm³/mol. The first-order valence-electron chi connectivity index (χ1n) is 3.48. The van der Waals surface area contributed by atoms with Crippen LogP contribution in [0.4, 0.5) is 13.2 Å². The molecule has 0 aromatic carbocycles. The zero-order chi connectivity index (χ0) is 10.1. The third-order valence-electron chi connectivity index (χ3n) is 1.47. The highest BCUT2D eigenvalue weighted by atomic mass is 19.4. The van der Waals surface area contributed by atoms with Gasteiger partial charge in [-0.15, -0.1) is 12.3 Å². The summed E-state index contributed by atoms with van der Waals surface area (Å²) in [5, 5.41) is 3.30. The van der Waals surface area contributed by atoms with Crippen molar-refractivity contribution in [1.29, 1.82) is 0 Å². The van der Waals surface area contributed by atoms with Gasteiger partial charge in [-0.05, 0) is 0 Å². The normalized spacial score (nSPS) is 11.3. The van der Waals surface area contributed by atoms with Gasteiger partial charge >= 0.3 is 6.18 Å². The molecule has 0 unspecified atom stereocenters. The van der Waals surface area contributed by atoms with Gasteiger partial charge in [0.2, 0.25) is 0 Å². The molecule has 0 spiro atoms. The molecular weight excluding hydrogens is 181 g/mol. The van der Waals surface area contributed by atoms with E-state index in [4.69, 9.17) is 6.42 Å². The maximum Gasteiger partial charge on any atom is 0.435 e. The van der Waals surface area contributed by atoms with Crippen LogP contribution in [-0.2, 0) is 19.6 Å². The molecule has 0 amide bonds. The fourth-order valence-electron chi connectivity index (χ4n) is 1.02. The highest BCUT2D eigenvalue weighted by Crippen LogP contribution is 2.30. The van der Waals surface area contributed by atoms with Crippen LogP contribution in [0.1, 0.15) is 11.3 Å². The number of terminal acetylenes is 1. The fraction of sp³-hybridized carbons (Fsp3) is 0.375. The smallest absolute Gasteiger partial charge is 0.275 e. The molecule has 0 aliphatic rings. The summed E-state index contributed by atoms with van der Waals surface area (Å²) in [7, 11) is 1.43. The van der Waals surface area contributed by atoms with E-state index >= 15 is 0 Å². The third-order valence-corrected chi connectivity index (χ3v) is 1.47. The van der Waals surface area contributed by atoms with E-state index < -0.39 is 11.9 Å². The van der Waals surface area contributed by atoms with Crippen molar-refractivity contribution >= 4 is 0 Å². The van der Waals surface area contributed by atoms with Crippen molar-refractivity contribution in [2.24, 2.45) is 7.05 Å². The van der Waals surface area contributed by atoms with Gasteiger partial charge in [-0.2, -0.15) is 18.3 Å². The fourth-order valence-corrected chi connectivity index (χ4v) is 1.02. The van der Waals surface area contributed by atoms with Crippen LogP contribution in [0.5, 0.6) is 0 Å². The number of hydrogen-bond donors (Lipinski definition) is 0. The van der Waals surface area contributed by atoms with E-state index in [1.54, 1.807) is 0 Å². The Balaban J connectivity index is 3.13. The molecule has 0 bridgehead atoms. The number of aromatic nitrogens is 2. The van der Waals surface area contributed by atoms with Crippen molar-refractivity contribution in [1.82, 2.24) is 9.78 Å². The van der Waals surface area contributed by atoms with Gasteiger partial charge < -0.3 is 0 Å². The lowest BCUT2D eigenvalue weighted by Crippen LogP contribution is -2.09. The average Bonchev–Trinajstić information content (AvgIpc) is 2.30. The van der Waals surface area contributed by atoms with Crippen LogP contribution in [0.3, 0.4) is 0 Å². The maximum atomic E-state index is 12.2. The first kappa shape index (κ1) is 9.65. The molecule has 0 atom stereocenters. The maximum absolute atomic E-state index is 12.2. The van der Waals surface area contributed by atoms with E-state index in [9.17, 15) is 13.2 Å². The molecule has 0 N–H and O–H groups in total. The van der Waals surface area contributed by atoms with Crippen LogP contribution in [-0.4, -0.2) is 9.78 Å². The van der Waals surface area contributed by atoms with Crippen LogP contribution >= 0.6 is 0 Å². The van der Waals surface area contributed by atoms with E-state index in [0.29, 0.717) is 0 Å². The van der Waals surface area contributed by atoms with E-state index in [0.717, 1.165) is 4.68 Å². The summed E-state index contributed by atoms with van der Waals surface area (Å²) < 4.78 is 37.8. The summed E-state index contributed by atoms with van der Waals surface area (Å²) in [5.41, 5.74) is -0.856. The Kier molecular flexibility index (Phi) is 2.32. The standard InChI is InChI=1S/C8H7F3N2/c1-3-4-6-5-13(2)12-7(6)8(9,10)11/h1,5H,4H2,2H3. The molecule has 5 heteroatoms. The molecule has 70 valence electrons. The third kappa shape index (κ3) is 2.02. The lowest BCUT2D eigenvalue weighted by Gasteiger charge is -2.02. The molecule has 0 aliphatic heterocycles. The Morgan fingerprint density at radius 3 is 2.69 bits per heavy atom. The predicted octanol–water partition coefficient (Wildman–Crippen LogP) is 1.61. The van der Waals surface area contributed by atoms with Crippen molar-refractivity contribution < 1.29 is 13.2 Å². The molecular formula is C8H7F3N2. The van der Waals surface area contributed by atoms with Crippen molar-refractivity contribution in [3.05, 3.63) is 17.5 Å². The van der Waals surface area contributed by atoms with Gasteiger partial charge in [0.05, 0.1) is 0 Å². The molecule has 0 saturated carbocycles. The first-order valence-corrected chi connectivity index (χ1v) is 3.48. The SMILES string of the molecule is C#CCc1cn(C)nc1C(F)(F)F. The zero-order valence-electron chi connectivity index (χ0n) is 6.89. The van der Waals surface area contributed by atoms with Crippen LogP contribution in [0.25, 0.3) is 0 Å². The summed E-state index contributed by atoms with van der Waals surface area (Å²) in [5.74, 6) is 2.16.